The molecule has 1 fully saturated rings. The van der Waals surface area contributed by atoms with E-state index in [-0.39, 0.29) is 0 Å². The van der Waals surface area contributed by atoms with E-state index in [1.54, 1.807) is 12.5 Å². The van der Waals surface area contributed by atoms with Gasteiger partial charge in [-0.15, -0.1) is 0 Å². The molecule has 0 radical (unpaired) electrons. The Morgan fingerprint density at radius 1 is 1.25 bits per heavy atom. The van der Waals surface area contributed by atoms with Crippen LogP contribution in [0.15, 0.2) is 47.3 Å². The maximum Gasteiger partial charge on any atom is 0.0980 e. The Kier molecular flexibility index (Phi) is 3.90. The Balaban J connectivity index is 1.68. The van der Waals surface area contributed by atoms with Crippen molar-refractivity contribution in [3.05, 3.63) is 48.4 Å². The topological polar surface area (TPSA) is 19.6 Å². The van der Waals surface area contributed by atoms with Gasteiger partial charge in [0.05, 0.1) is 12.5 Å². The largest absolute Gasteiger partial charge is 0.472 e. The van der Waals surface area contributed by atoms with Gasteiger partial charge in [0.25, 0.3) is 0 Å². The summed E-state index contributed by atoms with van der Waals surface area (Å²) in [7, 11) is 4.35. The Hall–Kier alpha value is -1.58. The summed E-state index contributed by atoms with van der Waals surface area (Å²) in [6.07, 6.45) is 4.80. The van der Waals surface area contributed by atoms with E-state index in [2.05, 4.69) is 48.2 Å². The third kappa shape index (κ3) is 2.94. The van der Waals surface area contributed by atoms with Gasteiger partial charge in [-0.3, -0.25) is 4.90 Å². The molecule has 20 heavy (non-hydrogen) atoms. The normalized spacial score (nSPS) is 19.9. The monoisotopic (exact) mass is 270 g/mol. The van der Waals surface area contributed by atoms with Crippen LogP contribution < -0.4 is 0 Å². The third-order valence-corrected chi connectivity index (χ3v) is 4.17. The number of rotatable bonds is 4. The standard InChI is InChI=1S/C17H22N2O/c1-18(2)17-6-8-19(12-17)11-14-4-3-5-15(10-14)16-7-9-20-13-16/h3-5,7,9-10,13,17H,6,8,11-12H2,1-2H3. The number of hydrogen-bond acceptors (Lipinski definition) is 3. The van der Waals surface area contributed by atoms with Crippen molar-refractivity contribution >= 4 is 0 Å². The summed E-state index contributed by atoms with van der Waals surface area (Å²) in [6, 6.07) is 11.5. The molecule has 3 rings (SSSR count). The third-order valence-electron chi connectivity index (χ3n) is 4.17. The van der Waals surface area contributed by atoms with E-state index in [1.165, 1.54) is 30.6 Å². The fourth-order valence-electron chi connectivity index (χ4n) is 2.91. The molecule has 1 aliphatic rings. The maximum absolute atomic E-state index is 5.17. The smallest absolute Gasteiger partial charge is 0.0980 e. The SMILES string of the molecule is CN(C)C1CCN(Cc2cccc(-c3ccoc3)c2)C1. The van der Waals surface area contributed by atoms with Crippen LogP contribution >= 0.6 is 0 Å². The number of furan rings is 1. The Bertz CT molecular complexity index is 548. The summed E-state index contributed by atoms with van der Waals surface area (Å²) in [5.41, 5.74) is 3.77. The van der Waals surface area contributed by atoms with E-state index in [0.717, 1.165) is 12.1 Å². The van der Waals surface area contributed by atoms with Crippen molar-refractivity contribution < 1.29 is 4.42 Å². The first kappa shape index (κ1) is 13.4. The molecule has 0 aliphatic carbocycles. The number of likely N-dealkylation sites (tertiary alicyclic amines) is 1. The molecular formula is C17H22N2O. The quantitative estimate of drug-likeness (QED) is 0.851. The Morgan fingerprint density at radius 3 is 2.85 bits per heavy atom. The number of nitrogens with zero attached hydrogens (tertiary/aromatic N) is 2. The highest BCUT2D eigenvalue weighted by atomic mass is 16.3. The molecule has 2 heterocycles. The van der Waals surface area contributed by atoms with Gasteiger partial charge >= 0.3 is 0 Å². The predicted molar refractivity (Wildman–Crippen MR) is 81.5 cm³/mol. The van der Waals surface area contributed by atoms with Gasteiger partial charge in [0, 0.05) is 31.2 Å². The van der Waals surface area contributed by atoms with E-state index < -0.39 is 0 Å². The molecule has 106 valence electrons. The highest BCUT2D eigenvalue weighted by molar-refractivity contribution is 5.62. The number of likely N-dealkylation sites (N-methyl/N-ethyl adjacent to an activating group) is 1. The molecule has 0 bridgehead atoms. The zero-order valence-corrected chi connectivity index (χ0v) is 12.2. The lowest BCUT2D eigenvalue weighted by Crippen LogP contribution is -2.31. The molecule has 1 aliphatic heterocycles. The van der Waals surface area contributed by atoms with Gasteiger partial charge in [-0.05, 0) is 43.8 Å². The van der Waals surface area contributed by atoms with Crippen molar-refractivity contribution in [1.29, 1.82) is 0 Å². The van der Waals surface area contributed by atoms with Crippen LogP contribution in [0.5, 0.6) is 0 Å². The highest BCUT2D eigenvalue weighted by Crippen LogP contribution is 2.22. The van der Waals surface area contributed by atoms with Crippen LogP contribution in [0.1, 0.15) is 12.0 Å². The predicted octanol–water partition coefficient (Wildman–Crippen LogP) is 3.08. The second kappa shape index (κ2) is 5.81. The van der Waals surface area contributed by atoms with E-state index in [0.29, 0.717) is 6.04 Å². The van der Waals surface area contributed by atoms with Crippen molar-refractivity contribution in [2.45, 2.75) is 19.0 Å². The zero-order valence-electron chi connectivity index (χ0n) is 12.2. The van der Waals surface area contributed by atoms with Gasteiger partial charge in [-0.25, -0.2) is 0 Å². The molecule has 0 spiro atoms. The van der Waals surface area contributed by atoms with Crippen molar-refractivity contribution in [1.82, 2.24) is 9.80 Å². The first-order valence-corrected chi connectivity index (χ1v) is 7.22. The van der Waals surface area contributed by atoms with E-state index in [9.17, 15) is 0 Å². The fraction of sp³-hybridized carbons (Fsp3) is 0.412. The average molecular weight is 270 g/mol. The second-order valence-electron chi connectivity index (χ2n) is 5.85. The van der Waals surface area contributed by atoms with Crippen LogP contribution in [0.3, 0.4) is 0 Å². The molecule has 0 N–H and O–H groups in total. The summed E-state index contributed by atoms with van der Waals surface area (Å²) in [6.45, 7) is 3.40. The second-order valence-corrected chi connectivity index (χ2v) is 5.85. The summed E-state index contributed by atoms with van der Waals surface area (Å²) < 4.78 is 5.17. The van der Waals surface area contributed by atoms with E-state index in [4.69, 9.17) is 4.42 Å². The number of hydrogen-bond donors (Lipinski definition) is 0. The Morgan fingerprint density at radius 2 is 2.15 bits per heavy atom. The van der Waals surface area contributed by atoms with Crippen LogP contribution in [0.2, 0.25) is 0 Å². The fourth-order valence-corrected chi connectivity index (χ4v) is 2.91. The van der Waals surface area contributed by atoms with Gasteiger partial charge in [0.15, 0.2) is 0 Å². The van der Waals surface area contributed by atoms with Crippen LogP contribution in [-0.4, -0.2) is 43.0 Å². The first-order chi connectivity index (χ1) is 9.72. The van der Waals surface area contributed by atoms with Gasteiger partial charge in [-0.2, -0.15) is 0 Å². The van der Waals surface area contributed by atoms with Crippen molar-refractivity contribution in [3.8, 4) is 11.1 Å². The van der Waals surface area contributed by atoms with Crippen LogP contribution in [-0.2, 0) is 6.54 Å². The van der Waals surface area contributed by atoms with E-state index >= 15 is 0 Å². The summed E-state index contributed by atoms with van der Waals surface area (Å²) >= 11 is 0. The van der Waals surface area contributed by atoms with Crippen molar-refractivity contribution in [3.63, 3.8) is 0 Å². The summed E-state index contributed by atoms with van der Waals surface area (Å²) in [5, 5.41) is 0. The molecule has 1 aromatic carbocycles. The molecule has 0 amide bonds. The summed E-state index contributed by atoms with van der Waals surface area (Å²) in [4.78, 5) is 4.88. The van der Waals surface area contributed by atoms with Crippen LogP contribution in [0.4, 0.5) is 0 Å². The van der Waals surface area contributed by atoms with Crippen molar-refractivity contribution in [2.24, 2.45) is 0 Å². The Labute approximate surface area is 120 Å². The van der Waals surface area contributed by atoms with Gasteiger partial charge < -0.3 is 9.32 Å². The first-order valence-electron chi connectivity index (χ1n) is 7.22. The molecular weight excluding hydrogens is 248 g/mol. The zero-order chi connectivity index (χ0) is 13.9. The molecule has 2 aromatic rings. The summed E-state index contributed by atoms with van der Waals surface area (Å²) in [5.74, 6) is 0. The lowest BCUT2D eigenvalue weighted by atomic mass is 10.1. The average Bonchev–Trinajstić information content (AvgIpc) is 3.10. The lowest BCUT2D eigenvalue weighted by Gasteiger charge is -2.20. The van der Waals surface area contributed by atoms with Crippen LogP contribution in [0.25, 0.3) is 11.1 Å². The molecule has 0 saturated carbocycles. The minimum Gasteiger partial charge on any atom is -0.472 e. The molecule has 1 unspecified atom stereocenters. The van der Waals surface area contributed by atoms with E-state index in [1.807, 2.05) is 6.07 Å². The molecule has 1 saturated heterocycles. The molecule has 1 aromatic heterocycles. The van der Waals surface area contributed by atoms with Gasteiger partial charge in [0.1, 0.15) is 0 Å². The molecule has 1 atom stereocenters. The van der Waals surface area contributed by atoms with Crippen LogP contribution in [0, 0.1) is 0 Å². The minimum atomic E-state index is 0.701. The highest BCUT2D eigenvalue weighted by Gasteiger charge is 2.23. The van der Waals surface area contributed by atoms with Gasteiger partial charge in [0.2, 0.25) is 0 Å². The van der Waals surface area contributed by atoms with Gasteiger partial charge in [-0.1, -0.05) is 18.2 Å². The molecule has 3 nitrogen and oxygen atoms in total. The van der Waals surface area contributed by atoms with Crippen molar-refractivity contribution in [2.75, 3.05) is 27.2 Å². The lowest BCUT2D eigenvalue weighted by molar-refractivity contribution is 0.264. The molecule has 3 heteroatoms. The number of benzene rings is 1. The maximum atomic E-state index is 5.17. The minimum absolute atomic E-state index is 0.701.